The van der Waals surface area contributed by atoms with Crippen LogP contribution in [0.15, 0.2) is 36.5 Å². The average Bonchev–Trinajstić information content (AvgIpc) is 2.94. The summed E-state index contributed by atoms with van der Waals surface area (Å²) < 4.78 is 47.3. The number of esters is 3. The lowest BCUT2D eigenvalue weighted by molar-refractivity contribution is -0.140. The number of hydrogen-bond acceptors (Lipinski definition) is 13. The molecule has 0 saturated carbocycles. The van der Waals surface area contributed by atoms with Gasteiger partial charge in [-0.25, -0.2) is 14.4 Å². The van der Waals surface area contributed by atoms with Gasteiger partial charge in [0.25, 0.3) is 0 Å². The zero-order valence-electron chi connectivity index (χ0n) is 25.3. The second-order valence-electron chi connectivity index (χ2n) is 8.46. The first-order valence-corrected chi connectivity index (χ1v) is 16.8. The number of nitrogens with zero attached hydrogens (tertiary/aromatic N) is 1. The Labute approximate surface area is 245 Å². The number of unbranched alkanes of at least 4 members (excludes halogenated alkanes) is 1. The highest BCUT2D eigenvalue weighted by atomic mass is 28.4. The van der Waals surface area contributed by atoms with Crippen molar-refractivity contribution in [3.05, 3.63) is 36.5 Å². The topological polar surface area (TPSA) is 158 Å². The molecule has 41 heavy (non-hydrogen) atoms. The molecule has 0 aliphatic heterocycles. The van der Waals surface area contributed by atoms with Crippen LogP contribution in [-0.2, 0) is 55.2 Å². The van der Waals surface area contributed by atoms with Crippen molar-refractivity contribution in [3.8, 4) is 6.07 Å². The quantitative estimate of drug-likeness (QED) is 0.0607. The van der Waals surface area contributed by atoms with Crippen LogP contribution in [0.4, 0.5) is 0 Å². The molecule has 0 fully saturated rings. The van der Waals surface area contributed by atoms with E-state index < -0.39 is 35.5 Å². The third-order valence-electron chi connectivity index (χ3n) is 4.79. The number of carbonyl (C=O) groups is 3. The number of hydrogen-bond donors (Lipinski definition) is 0. The average molecular weight is 620 g/mol. The van der Waals surface area contributed by atoms with Gasteiger partial charge in [0.2, 0.25) is 0 Å². The van der Waals surface area contributed by atoms with Crippen molar-refractivity contribution in [3.63, 3.8) is 0 Å². The maximum atomic E-state index is 11.4. The highest BCUT2D eigenvalue weighted by Gasteiger charge is 2.37. The standard InChI is InChI=1S/C19H30O9Si.C7H15NO3Si/c1-14(2)17(20)23-8-11-26-29(7,27-12-9-24-18(21)15(3)4)28-13-10-25-19(22)16(5)6;1-9-12(10-2,11-3)7-5-4-6-8/h1,3,5,8-13H2,2,4,6-7H3;4-5,7H2,1-3H3. The normalized spacial score (nSPS) is 10.9. The monoisotopic (exact) mass is 619 g/mol. The van der Waals surface area contributed by atoms with E-state index in [4.69, 9.17) is 46.0 Å². The van der Waals surface area contributed by atoms with Crippen molar-refractivity contribution in [1.29, 1.82) is 5.26 Å². The Hall–Kier alpha value is -2.69. The molecule has 15 heteroatoms. The lowest BCUT2D eigenvalue weighted by Gasteiger charge is -2.26. The zero-order chi connectivity index (χ0) is 31.9. The van der Waals surface area contributed by atoms with Crippen LogP contribution in [0.1, 0.15) is 33.6 Å². The molecule has 0 spiro atoms. The van der Waals surface area contributed by atoms with Gasteiger partial charge in [-0.1, -0.05) is 19.7 Å². The summed E-state index contributed by atoms with van der Waals surface area (Å²) in [5.41, 5.74) is 0.823. The van der Waals surface area contributed by atoms with Gasteiger partial charge in [0.15, 0.2) is 0 Å². The molecule has 0 atom stereocenters. The molecule has 0 radical (unpaired) electrons. The lowest BCUT2D eigenvalue weighted by Crippen LogP contribution is -2.45. The van der Waals surface area contributed by atoms with E-state index in [1.165, 1.54) is 20.8 Å². The maximum Gasteiger partial charge on any atom is 0.500 e. The molecule has 0 saturated heterocycles. The molecule has 0 amide bonds. The number of carbonyl (C=O) groups excluding carboxylic acids is 3. The van der Waals surface area contributed by atoms with Crippen molar-refractivity contribution in [2.45, 2.75) is 46.2 Å². The largest absolute Gasteiger partial charge is 0.500 e. The third-order valence-corrected chi connectivity index (χ3v) is 9.81. The maximum absolute atomic E-state index is 11.4. The molecule has 234 valence electrons. The summed E-state index contributed by atoms with van der Waals surface area (Å²) in [6.45, 7) is 16.7. The SMILES string of the molecule is C=C(C)C(=O)OCCO[Si](C)(OCCOC(=O)C(=C)C)OCCOC(=O)C(=C)C.CO[Si](CCCC#N)(OC)OC. The van der Waals surface area contributed by atoms with Crippen LogP contribution in [0.5, 0.6) is 0 Å². The van der Waals surface area contributed by atoms with E-state index in [2.05, 4.69) is 25.8 Å². The van der Waals surface area contributed by atoms with Crippen LogP contribution in [0.25, 0.3) is 0 Å². The second kappa shape index (κ2) is 22.9. The predicted octanol–water partition coefficient (Wildman–Crippen LogP) is 3.13. The summed E-state index contributed by atoms with van der Waals surface area (Å²) in [6, 6.07) is 2.77. The van der Waals surface area contributed by atoms with E-state index in [9.17, 15) is 14.4 Å². The third kappa shape index (κ3) is 19.9. The van der Waals surface area contributed by atoms with Gasteiger partial charge < -0.3 is 40.8 Å². The molecular formula is C26H45NO12Si2. The first-order chi connectivity index (χ1) is 19.2. The van der Waals surface area contributed by atoms with Crippen LogP contribution in [0.3, 0.4) is 0 Å². The highest BCUT2D eigenvalue weighted by molar-refractivity contribution is 6.60. The van der Waals surface area contributed by atoms with E-state index in [1.807, 2.05) is 0 Å². The lowest BCUT2D eigenvalue weighted by atomic mass is 10.4. The van der Waals surface area contributed by atoms with Gasteiger partial charge >= 0.3 is 35.5 Å². The van der Waals surface area contributed by atoms with Crippen LogP contribution in [-0.4, -0.2) is 96.5 Å². The van der Waals surface area contributed by atoms with Gasteiger partial charge in [0, 0.05) is 57.1 Å². The van der Waals surface area contributed by atoms with Gasteiger partial charge in [0.05, 0.1) is 25.9 Å². The molecule has 13 nitrogen and oxygen atoms in total. The van der Waals surface area contributed by atoms with E-state index in [0.29, 0.717) is 12.5 Å². The van der Waals surface area contributed by atoms with Crippen molar-refractivity contribution in [1.82, 2.24) is 0 Å². The first-order valence-electron chi connectivity index (χ1n) is 12.6. The second-order valence-corrected chi connectivity index (χ2v) is 14.1. The Balaban J connectivity index is 0. The van der Waals surface area contributed by atoms with Crippen LogP contribution >= 0.6 is 0 Å². The Morgan fingerprint density at radius 2 is 0.976 bits per heavy atom. The van der Waals surface area contributed by atoms with E-state index >= 15 is 0 Å². The van der Waals surface area contributed by atoms with Crippen LogP contribution < -0.4 is 0 Å². The van der Waals surface area contributed by atoms with Gasteiger partial charge in [-0.05, 0) is 27.2 Å². The minimum absolute atomic E-state index is 0.0176. The zero-order valence-corrected chi connectivity index (χ0v) is 27.3. The van der Waals surface area contributed by atoms with Gasteiger partial charge in [-0.2, -0.15) is 5.26 Å². The Morgan fingerprint density at radius 3 is 1.22 bits per heavy atom. The van der Waals surface area contributed by atoms with Crippen LogP contribution in [0.2, 0.25) is 12.6 Å². The molecule has 0 aliphatic rings. The molecule has 0 aliphatic carbocycles. The van der Waals surface area contributed by atoms with Crippen molar-refractivity contribution < 1.29 is 55.2 Å². The number of rotatable bonds is 21. The summed E-state index contributed by atoms with van der Waals surface area (Å²) in [4.78, 5) is 34.2. The summed E-state index contributed by atoms with van der Waals surface area (Å²) in [7, 11) is -0.869. The van der Waals surface area contributed by atoms with Crippen molar-refractivity contribution in [2.24, 2.45) is 0 Å². The molecule has 0 aromatic heterocycles. The number of nitriles is 1. The van der Waals surface area contributed by atoms with Gasteiger partial charge in [-0.15, -0.1) is 0 Å². The van der Waals surface area contributed by atoms with Gasteiger partial charge in [0.1, 0.15) is 19.8 Å². The summed E-state index contributed by atoms with van der Waals surface area (Å²) >= 11 is 0. The molecule has 0 heterocycles. The fourth-order valence-corrected chi connectivity index (χ4v) is 5.85. The van der Waals surface area contributed by atoms with E-state index in [-0.39, 0.29) is 56.4 Å². The van der Waals surface area contributed by atoms with Crippen LogP contribution in [0, 0.1) is 11.3 Å². The smallest absolute Gasteiger partial charge is 0.460 e. The summed E-state index contributed by atoms with van der Waals surface area (Å²) in [5, 5.41) is 8.32. The molecule has 0 N–H and O–H groups in total. The molecule has 0 rings (SSSR count). The highest BCUT2D eigenvalue weighted by Crippen LogP contribution is 2.15. The molecular weight excluding hydrogens is 574 g/mol. The van der Waals surface area contributed by atoms with E-state index in [0.717, 1.165) is 6.42 Å². The minimum atomic E-state index is -3.19. The van der Waals surface area contributed by atoms with E-state index in [1.54, 1.807) is 27.9 Å². The Morgan fingerprint density at radius 1 is 0.659 bits per heavy atom. The molecule has 0 bridgehead atoms. The molecule has 0 unspecified atom stereocenters. The minimum Gasteiger partial charge on any atom is -0.460 e. The summed E-state index contributed by atoms with van der Waals surface area (Å²) in [5.74, 6) is -1.59. The predicted molar refractivity (Wildman–Crippen MR) is 153 cm³/mol. The van der Waals surface area contributed by atoms with Crippen molar-refractivity contribution >= 4 is 35.5 Å². The Bertz CT molecular complexity index is 808. The molecule has 0 aromatic carbocycles. The first kappa shape index (κ1) is 40.5. The Kier molecular flexibility index (Phi) is 22.6. The fourth-order valence-electron chi connectivity index (χ4n) is 2.52. The summed E-state index contributed by atoms with van der Waals surface area (Å²) in [6.07, 6.45) is 1.28. The van der Waals surface area contributed by atoms with Crippen molar-refractivity contribution in [2.75, 3.05) is 61.0 Å². The molecule has 0 aromatic rings. The van der Waals surface area contributed by atoms with Gasteiger partial charge in [-0.3, -0.25) is 0 Å². The number of ether oxygens (including phenoxy) is 3. The fraction of sp³-hybridized carbons (Fsp3) is 0.615.